The van der Waals surface area contributed by atoms with Gasteiger partial charge in [-0.2, -0.15) is 0 Å². The predicted molar refractivity (Wildman–Crippen MR) is 63.4 cm³/mol. The molecule has 0 N–H and O–H groups in total. The third-order valence-corrected chi connectivity index (χ3v) is 2.76. The predicted octanol–water partition coefficient (Wildman–Crippen LogP) is 2.03. The zero-order valence-electron chi connectivity index (χ0n) is 9.57. The van der Waals surface area contributed by atoms with Gasteiger partial charge in [-0.25, -0.2) is 9.59 Å². The molecule has 0 heterocycles. The van der Waals surface area contributed by atoms with E-state index in [0.29, 0.717) is 4.47 Å². The summed E-state index contributed by atoms with van der Waals surface area (Å²) in [6.07, 6.45) is 0. The minimum absolute atomic E-state index is 0.231. The smallest absolute Gasteiger partial charge is 0.341 e. The van der Waals surface area contributed by atoms with Crippen LogP contribution in [0.5, 0.6) is 5.75 Å². The molecule has 0 aliphatic carbocycles. The maximum absolute atomic E-state index is 11.5. The van der Waals surface area contributed by atoms with Crippen molar-refractivity contribution in [3.63, 3.8) is 0 Å². The van der Waals surface area contributed by atoms with Gasteiger partial charge in [0, 0.05) is 4.47 Å². The molecule has 0 aliphatic heterocycles. The Morgan fingerprint density at radius 2 is 1.53 bits per heavy atom. The van der Waals surface area contributed by atoms with Gasteiger partial charge in [0.1, 0.15) is 11.3 Å². The van der Waals surface area contributed by atoms with Gasteiger partial charge in [-0.15, -0.1) is 0 Å². The fourth-order valence-electron chi connectivity index (χ4n) is 1.26. The van der Waals surface area contributed by atoms with Gasteiger partial charge in [-0.1, -0.05) is 0 Å². The molecule has 5 nitrogen and oxygen atoms in total. The molecule has 6 heteroatoms. The largest absolute Gasteiger partial charge is 0.496 e. The molecular weight excluding hydrogens is 292 g/mol. The fraction of sp³-hybridized carbons (Fsp3) is 0.273. The summed E-state index contributed by atoms with van der Waals surface area (Å²) in [6, 6.07) is 2.87. The van der Waals surface area contributed by atoms with E-state index in [1.165, 1.54) is 33.5 Å². The number of benzene rings is 1. The van der Waals surface area contributed by atoms with E-state index in [0.717, 1.165) is 0 Å². The molecule has 0 radical (unpaired) electrons. The Balaban J connectivity index is 3.34. The van der Waals surface area contributed by atoms with Crippen LogP contribution in [0.3, 0.4) is 0 Å². The maximum atomic E-state index is 11.5. The van der Waals surface area contributed by atoms with E-state index in [-0.39, 0.29) is 16.9 Å². The van der Waals surface area contributed by atoms with Gasteiger partial charge in [0.15, 0.2) is 0 Å². The maximum Gasteiger partial charge on any atom is 0.341 e. The molecule has 0 unspecified atom stereocenters. The number of ether oxygens (including phenoxy) is 3. The fourth-order valence-corrected chi connectivity index (χ4v) is 1.76. The molecule has 92 valence electrons. The highest BCUT2D eigenvalue weighted by Crippen LogP contribution is 2.28. The lowest BCUT2D eigenvalue weighted by atomic mass is 10.1. The molecule has 0 fully saturated rings. The van der Waals surface area contributed by atoms with E-state index < -0.39 is 11.9 Å². The average molecular weight is 303 g/mol. The Bertz CT molecular complexity index is 455. The molecule has 0 aliphatic rings. The standard InChI is InChI=1S/C11H11BrO5/c1-15-9-5-6(10(13)16-2)8(12)4-7(9)11(14)17-3/h4-5H,1-3H3. The van der Waals surface area contributed by atoms with E-state index in [4.69, 9.17) is 4.74 Å². The van der Waals surface area contributed by atoms with Crippen LogP contribution in [0.2, 0.25) is 0 Å². The molecule has 0 atom stereocenters. The van der Waals surface area contributed by atoms with E-state index in [1.54, 1.807) is 0 Å². The zero-order valence-corrected chi connectivity index (χ0v) is 11.2. The molecular formula is C11H11BrO5. The summed E-state index contributed by atoms with van der Waals surface area (Å²) < 4.78 is 14.7. The quantitative estimate of drug-likeness (QED) is 0.800. The van der Waals surface area contributed by atoms with Crippen LogP contribution >= 0.6 is 15.9 Å². The molecule has 0 bridgehead atoms. The third-order valence-electron chi connectivity index (χ3n) is 2.10. The van der Waals surface area contributed by atoms with Crippen molar-refractivity contribution in [3.05, 3.63) is 27.7 Å². The van der Waals surface area contributed by atoms with Gasteiger partial charge >= 0.3 is 11.9 Å². The van der Waals surface area contributed by atoms with Gasteiger partial charge in [0.05, 0.1) is 26.9 Å². The van der Waals surface area contributed by atoms with Gasteiger partial charge in [-0.3, -0.25) is 0 Å². The van der Waals surface area contributed by atoms with Gasteiger partial charge in [-0.05, 0) is 28.1 Å². The highest BCUT2D eigenvalue weighted by atomic mass is 79.9. The molecule has 17 heavy (non-hydrogen) atoms. The van der Waals surface area contributed by atoms with Crippen LogP contribution < -0.4 is 4.74 Å². The number of carbonyl (C=O) groups is 2. The summed E-state index contributed by atoms with van der Waals surface area (Å²) in [4.78, 5) is 22.9. The first kappa shape index (κ1) is 13.5. The molecule has 0 aromatic heterocycles. The zero-order chi connectivity index (χ0) is 13.0. The van der Waals surface area contributed by atoms with Crippen LogP contribution in [0.25, 0.3) is 0 Å². The summed E-state index contributed by atoms with van der Waals surface area (Å²) in [7, 11) is 3.94. The van der Waals surface area contributed by atoms with Gasteiger partial charge < -0.3 is 14.2 Å². The molecule has 0 saturated carbocycles. The van der Waals surface area contributed by atoms with Crippen molar-refractivity contribution in [3.8, 4) is 5.75 Å². The minimum atomic E-state index is -0.543. The number of halogens is 1. The van der Waals surface area contributed by atoms with Crippen molar-refractivity contribution < 1.29 is 23.8 Å². The molecule has 1 rings (SSSR count). The van der Waals surface area contributed by atoms with Crippen LogP contribution in [0, 0.1) is 0 Å². The van der Waals surface area contributed by atoms with Crippen molar-refractivity contribution in [2.75, 3.05) is 21.3 Å². The van der Waals surface area contributed by atoms with Crippen molar-refractivity contribution in [1.29, 1.82) is 0 Å². The highest BCUT2D eigenvalue weighted by Gasteiger charge is 2.19. The summed E-state index contributed by atoms with van der Waals surface area (Å²) in [5.41, 5.74) is 0.506. The van der Waals surface area contributed by atoms with E-state index >= 15 is 0 Å². The highest BCUT2D eigenvalue weighted by molar-refractivity contribution is 9.10. The average Bonchev–Trinajstić information content (AvgIpc) is 2.36. The molecule has 0 amide bonds. The van der Waals surface area contributed by atoms with Gasteiger partial charge in [0.2, 0.25) is 0 Å². The Hall–Kier alpha value is -1.56. The van der Waals surface area contributed by atoms with Crippen LogP contribution in [-0.4, -0.2) is 33.3 Å². The number of methoxy groups -OCH3 is 3. The normalized spacial score (nSPS) is 9.65. The Morgan fingerprint density at radius 1 is 1.00 bits per heavy atom. The third kappa shape index (κ3) is 2.76. The van der Waals surface area contributed by atoms with Crippen LogP contribution in [0.4, 0.5) is 0 Å². The second kappa shape index (κ2) is 5.67. The van der Waals surface area contributed by atoms with Crippen molar-refractivity contribution in [2.45, 2.75) is 0 Å². The summed E-state index contributed by atoms with van der Waals surface area (Å²) in [5, 5.41) is 0. The first-order valence-corrected chi connectivity index (χ1v) is 5.38. The lowest BCUT2D eigenvalue weighted by Crippen LogP contribution is -2.08. The summed E-state index contributed by atoms with van der Waals surface area (Å²) in [5.74, 6) is -0.814. The Morgan fingerprint density at radius 3 is 2.00 bits per heavy atom. The van der Waals surface area contributed by atoms with Crippen molar-refractivity contribution in [2.24, 2.45) is 0 Å². The first-order chi connectivity index (χ1) is 8.04. The number of esters is 2. The number of hydrogen-bond donors (Lipinski definition) is 0. The lowest BCUT2D eigenvalue weighted by Gasteiger charge is -2.10. The Labute approximate surface area is 107 Å². The second-order valence-electron chi connectivity index (χ2n) is 3.02. The Kier molecular flexibility index (Phi) is 4.51. The topological polar surface area (TPSA) is 61.8 Å². The SMILES string of the molecule is COC(=O)c1cc(OC)c(C(=O)OC)cc1Br. The molecule has 0 spiro atoms. The summed E-state index contributed by atoms with van der Waals surface area (Å²) >= 11 is 3.19. The molecule has 1 aromatic carbocycles. The van der Waals surface area contributed by atoms with E-state index in [9.17, 15) is 9.59 Å². The van der Waals surface area contributed by atoms with Gasteiger partial charge in [0.25, 0.3) is 0 Å². The van der Waals surface area contributed by atoms with E-state index in [1.807, 2.05) is 0 Å². The van der Waals surface area contributed by atoms with Crippen LogP contribution in [0.1, 0.15) is 20.7 Å². The second-order valence-corrected chi connectivity index (χ2v) is 3.87. The lowest BCUT2D eigenvalue weighted by molar-refractivity contribution is 0.0582. The van der Waals surface area contributed by atoms with E-state index in [2.05, 4.69) is 25.4 Å². The van der Waals surface area contributed by atoms with Crippen LogP contribution in [-0.2, 0) is 9.47 Å². The van der Waals surface area contributed by atoms with Crippen molar-refractivity contribution >= 4 is 27.9 Å². The molecule has 0 saturated heterocycles. The van der Waals surface area contributed by atoms with Crippen LogP contribution in [0.15, 0.2) is 16.6 Å². The summed E-state index contributed by atoms with van der Waals surface area (Å²) in [6.45, 7) is 0. The number of carbonyl (C=O) groups excluding carboxylic acids is 2. The first-order valence-electron chi connectivity index (χ1n) is 4.59. The monoisotopic (exact) mass is 302 g/mol. The van der Waals surface area contributed by atoms with Crippen molar-refractivity contribution in [1.82, 2.24) is 0 Å². The minimum Gasteiger partial charge on any atom is -0.496 e. The number of rotatable bonds is 3. The number of hydrogen-bond acceptors (Lipinski definition) is 5. The molecule has 1 aromatic rings.